The molecule has 2 heteroatoms. The minimum absolute atomic E-state index is 0.0821. The van der Waals surface area contributed by atoms with Crippen LogP contribution in [0.1, 0.15) is 36.1 Å². The molecule has 0 saturated carbocycles. The molecule has 0 aliphatic carbocycles. The fourth-order valence-corrected chi connectivity index (χ4v) is 2.61. The Kier molecular flexibility index (Phi) is 5.97. The van der Waals surface area contributed by atoms with Crippen molar-refractivity contribution >= 4 is 0 Å². The SMILES string of the molecule is CCC(N[C@@H](CO)Cc1ccccc1)c1ccc(C)cc1. The summed E-state index contributed by atoms with van der Waals surface area (Å²) in [5.74, 6) is 0. The van der Waals surface area contributed by atoms with E-state index in [1.54, 1.807) is 0 Å². The molecule has 0 bridgehead atoms. The second-order valence-corrected chi connectivity index (χ2v) is 5.61. The summed E-state index contributed by atoms with van der Waals surface area (Å²) in [6.07, 6.45) is 1.86. The second-order valence-electron chi connectivity index (χ2n) is 5.61. The van der Waals surface area contributed by atoms with E-state index in [1.165, 1.54) is 16.7 Å². The van der Waals surface area contributed by atoms with Gasteiger partial charge in [-0.15, -0.1) is 0 Å². The summed E-state index contributed by atoms with van der Waals surface area (Å²) < 4.78 is 0. The molecule has 0 radical (unpaired) electrons. The van der Waals surface area contributed by atoms with E-state index in [0.717, 1.165) is 12.8 Å². The fourth-order valence-electron chi connectivity index (χ4n) is 2.61. The van der Waals surface area contributed by atoms with Gasteiger partial charge in [-0.05, 0) is 30.9 Å². The molecule has 0 aromatic heterocycles. The highest BCUT2D eigenvalue weighted by atomic mass is 16.3. The van der Waals surface area contributed by atoms with Gasteiger partial charge in [0, 0.05) is 12.1 Å². The molecule has 2 aromatic rings. The molecule has 2 rings (SSSR count). The maximum Gasteiger partial charge on any atom is 0.0588 e. The number of benzene rings is 2. The quantitative estimate of drug-likeness (QED) is 0.813. The van der Waals surface area contributed by atoms with Crippen LogP contribution in [0, 0.1) is 6.92 Å². The molecule has 2 aromatic carbocycles. The Balaban J connectivity index is 2.03. The van der Waals surface area contributed by atoms with Crippen molar-refractivity contribution in [2.24, 2.45) is 0 Å². The normalized spacial score (nSPS) is 13.9. The highest BCUT2D eigenvalue weighted by Gasteiger charge is 2.15. The molecular formula is C19H25NO. The molecule has 0 saturated heterocycles. The molecule has 2 N–H and O–H groups in total. The van der Waals surface area contributed by atoms with Gasteiger partial charge in [-0.1, -0.05) is 67.1 Å². The number of hydrogen-bond acceptors (Lipinski definition) is 2. The molecule has 21 heavy (non-hydrogen) atoms. The predicted molar refractivity (Wildman–Crippen MR) is 88.4 cm³/mol. The van der Waals surface area contributed by atoms with Gasteiger partial charge in [-0.3, -0.25) is 0 Å². The Morgan fingerprint density at radius 3 is 2.24 bits per heavy atom. The number of nitrogens with one attached hydrogen (secondary N) is 1. The van der Waals surface area contributed by atoms with E-state index in [9.17, 15) is 5.11 Å². The minimum atomic E-state index is 0.0821. The molecule has 0 heterocycles. The summed E-state index contributed by atoms with van der Waals surface area (Å²) in [7, 11) is 0. The fraction of sp³-hybridized carbons (Fsp3) is 0.368. The Hall–Kier alpha value is -1.64. The summed E-state index contributed by atoms with van der Waals surface area (Å²) in [5.41, 5.74) is 3.81. The third-order valence-electron chi connectivity index (χ3n) is 3.87. The van der Waals surface area contributed by atoms with Crippen LogP contribution in [-0.4, -0.2) is 17.8 Å². The van der Waals surface area contributed by atoms with Gasteiger partial charge in [0.2, 0.25) is 0 Å². The molecule has 2 nitrogen and oxygen atoms in total. The number of aryl methyl sites for hydroxylation is 1. The zero-order valence-electron chi connectivity index (χ0n) is 12.9. The van der Waals surface area contributed by atoms with E-state index in [-0.39, 0.29) is 18.7 Å². The van der Waals surface area contributed by atoms with Crippen molar-refractivity contribution in [1.82, 2.24) is 5.32 Å². The smallest absolute Gasteiger partial charge is 0.0588 e. The van der Waals surface area contributed by atoms with E-state index in [2.05, 4.69) is 55.6 Å². The van der Waals surface area contributed by atoms with Crippen LogP contribution in [0.25, 0.3) is 0 Å². The van der Waals surface area contributed by atoms with Gasteiger partial charge in [0.05, 0.1) is 6.61 Å². The van der Waals surface area contributed by atoms with Crippen LogP contribution in [0.4, 0.5) is 0 Å². The monoisotopic (exact) mass is 283 g/mol. The molecule has 0 amide bonds. The average molecular weight is 283 g/mol. The molecule has 0 spiro atoms. The maximum atomic E-state index is 9.66. The van der Waals surface area contributed by atoms with Crippen molar-refractivity contribution in [3.63, 3.8) is 0 Å². The summed E-state index contributed by atoms with van der Waals surface area (Å²) in [6, 6.07) is 19.3. The van der Waals surface area contributed by atoms with Crippen LogP contribution in [0.2, 0.25) is 0 Å². The van der Waals surface area contributed by atoms with Crippen molar-refractivity contribution in [3.8, 4) is 0 Å². The maximum absolute atomic E-state index is 9.66. The minimum Gasteiger partial charge on any atom is -0.395 e. The van der Waals surface area contributed by atoms with Crippen LogP contribution in [0.5, 0.6) is 0 Å². The van der Waals surface area contributed by atoms with E-state index in [4.69, 9.17) is 0 Å². The highest BCUT2D eigenvalue weighted by Crippen LogP contribution is 2.18. The third kappa shape index (κ3) is 4.69. The van der Waals surface area contributed by atoms with Crippen molar-refractivity contribution in [2.45, 2.75) is 38.8 Å². The molecule has 0 aliphatic rings. The van der Waals surface area contributed by atoms with Gasteiger partial charge in [0.15, 0.2) is 0 Å². The summed E-state index contributed by atoms with van der Waals surface area (Å²) in [5, 5.41) is 13.2. The van der Waals surface area contributed by atoms with Gasteiger partial charge >= 0.3 is 0 Å². The van der Waals surface area contributed by atoms with E-state index in [0.29, 0.717) is 0 Å². The lowest BCUT2D eigenvalue weighted by Gasteiger charge is -2.24. The lowest BCUT2D eigenvalue weighted by molar-refractivity contribution is 0.229. The van der Waals surface area contributed by atoms with Gasteiger partial charge < -0.3 is 10.4 Å². The lowest BCUT2D eigenvalue weighted by atomic mass is 10.00. The first-order valence-electron chi connectivity index (χ1n) is 7.70. The van der Waals surface area contributed by atoms with E-state index < -0.39 is 0 Å². The average Bonchev–Trinajstić information content (AvgIpc) is 2.53. The molecule has 2 atom stereocenters. The summed E-state index contributed by atoms with van der Waals surface area (Å²) in [4.78, 5) is 0. The standard InChI is InChI=1S/C19H25NO/c1-3-19(17-11-9-15(2)10-12-17)20-18(14-21)13-16-7-5-4-6-8-16/h4-12,18-21H,3,13-14H2,1-2H3/t18-,19?/m1/s1. The number of aliphatic hydroxyl groups is 1. The Bertz CT molecular complexity index is 521. The number of hydrogen-bond donors (Lipinski definition) is 2. The Morgan fingerprint density at radius 2 is 1.67 bits per heavy atom. The second kappa shape index (κ2) is 7.96. The van der Waals surface area contributed by atoms with Crippen molar-refractivity contribution in [3.05, 3.63) is 71.3 Å². The first-order chi connectivity index (χ1) is 10.2. The lowest BCUT2D eigenvalue weighted by Crippen LogP contribution is -2.37. The zero-order chi connectivity index (χ0) is 15.1. The molecule has 0 aliphatic heterocycles. The highest BCUT2D eigenvalue weighted by molar-refractivity contribution is 5.24. The Morgan fingerprint density at radius 1 is 1.00 bits per heavy atom. The summed E-state index contributed by atoms with van der Waals surface area (Å²) in [6.45, 7) is 4.43. The summed E-state index contributed by atoms with van der Waals surface area (Å²) >= 11 is 0. The third-order valence-corrected chi connectivity index (χ3v) is 3.87. The predicted octanol–water partition coefficient (Wildman–Crippen LogP) is 3.64. The molecule has 1 unspecified atom stereocenters. The molecular weight excluding hydrogens is 258 g/mol. The van der Waals surface area contributed by atoms with Crippen LogP contribution < -0.4 is 5.32 Å². The van der Waals surface area contributed by atoms with Gasteiger partial charge in [0.25, 0.3) is 0 Å². The van der Waals surface area contributed by atoms with Gasteiger partial charge in [-0.25, -0.2) is 0 Å². The molecule has 112 valence electrons. The van der Waals surface area contributed by atoms with E-state index in [1.807, 2.05) is 18.2 Å². The van der Waals surface area contributed by atoms with Crippen LogP contribution in [0.15, 0.2) is 54.6 Å². The first-order valence-corrected chi connectivity index (χ1v) is 7.70. The van der Waals surface area contributed by atoms with Gasteiger partial charge in [0.1, 0.15) is 0 Å². The first kappa shape index (κ1) is 15.7. The van der Waals surface area contributed by atoms with Crippen molar-refractivity contribution in [2.75, 3.05) is 6.61 Å². The van der Waals surface area contributed by atoms with Gasteiger partial charge in [-0.2, -0.15) is 0 Å². The Labute approximate surface area is 127 Å². The number of aliphatic hydroxyl groups excluding tert-OH is 1. The zero-order valence-corrected chi connectivity index (χ0v) is 12.9. The van der Waals surface area contributed by atoms with Crippen LogP contribution in [0.3, 0.4) is 0 Å². The number of rotatable bonds is 7. The topological polar surface area (TPSA) is 32.3 Å². The van der Waals surface area contributed by atoms with Crippen molar-refractivity contribution < 1.29 is 5.11 Å². The van der Waals surface area contributed by atoms with Crippen molar-refractivity contribution in [1.29, 1.82) is 0 Å². The van der Waals surface area contributed by atoms with E-state index >= 15 is 0 Å². The van der Waals surface area contributed by atoms with Crippen LogP contribution in [-0.2, 0) is 6.42 Å². The molecule has 0 fully saturated rings. The van der Waals surface area contributed by atoms with Crippen LogP contribution >= 0.6 is 0 Å². The largest absolute Gasteiger partial charge is 0.395 e.